The third-order valence-corrected chi connectivity index (χ3v) is 7.75. The van der Waals surface area contributed by atoms with Crippen molar-refractivity contribution >= 4 is 27.7 Å². The van der Waals surface area contributed by atoms with Gasteiger partial charge in [0.1, 0.15) is 4.90 Å². The summed E-state index contributed by atoms with van der Waals surface area (Å²) in [5.74, 6) is -0.670. The van der Waals surface area contributed by atoms with Crippen LogP contribution in [0.15, 0.2) is 46.2 Å². The molecule has 1 aliphatic heterocycles. The molecule has 1 saturated heterocycles. The van der Waals surface area contributed by atoms with Crippen LogP contribution in [0.25, 0.3) is 0 Å². The molecule has 2 N–H and O–H groups in total. The highest BCUT2D eigenvalue weighted by Gasteiger charge is 2.38. The van der Waals surface area contributed by atoms with Gasteiger partial charge in [0.15, 0.2) is 5.75 Å². The molecule has 1 amide bonds. The second-order valence-corrected chi connectivity index (χ2v) is 11.0. The van der Waals surface area contributed by atoms with Gasteiger partial charge in [-0.1, -0.05) is 44.5 Å². The van der Waals surface area contributed by atoms with Gasteiger partial charge in [0.05, 0.1) is 11.1 Å². The Morgan fingerprint density at radius 1 is 1.19 bits per heavy atom. The van der Waals surface area contributed by atoms with Crippen LogP contribution in [0.2, 0.25) is 5.02 Å². The summed E-state index contributed by atoms with van der Waals surface area (Å²) in [4.78, 5) is 27.4. The van der Waals surface area contributed by atoms with E-state index in [0.717, 1.165) is 6.20 Å². The molecule has 0 bridgehead atoms. The van der Waals surface area contributed by atoms with Crippen LogP contribution >= 0.6 is 11.6 Å². The molecule has 174 valence electrons. The molecular formula is C21H26ClN3O6S. The van der Waals surface area contributed by atoms with E-state index in [4.69, 9.17) is 11.6 Å². The number of piperazine rings is 1. The molecule has 1 atom stereocenters. The van der Waals surface area contributed by atoms with Crippen LogP contribution in [-0.2, 0) is 16.6 Å². The van der Waals surface area contributed by atoms with Crippen molar-refractivity contribution < 1.29 is 23.4 Å². The minimum atomic E-state index is -4.29. The van der Waals surface area contributed by atoms with Crippen LogP contribution in [-0.4, -0.2) is 64.2 Å². The number of carboxylic acid groups (broad SMARTS) is 1. The van der Waals surface area contributed by atoms with Gasteiger partial charge in [0.2, 0.25) is 0 Å². The molecule has 1 aromatic carbocycles. The van der Waals surface area contributed by atoms with Crippen molar-refractivity contribution in [1.29, 1.82) is 0 Å². The molecule has 11 heteroatoms. The Kier molecular flexibility index (Phi) is 6.60. The van der Waals surface area contributed by atoms with Gasteiger partial charge in [-0.05, 0) is 23.6 Å². The Balaban J connectivity index is 1.89. The zero-order valence-electron chi connectivity index (χ0n) is 18.0. The number of benzene rings is 1. The molecule has 3 rings (SSSR count). The summed E-state index contributed by atoms with van der Waals surface area (Å²) in [5.41, 5.74) is -1.12. The quantitative estimate of drug-likeness (QED) is 0.685. The second kappa shape index (κ2) is 8.76. The Morgan fingerprint density at radius 2 is 1.84 bits per heavy atom. The SMILES string of the molecule is CC(C)(C)C1CN(Cc2ccn(S(=O)(=O)c3ccccc3Cl)c(=O)c2O)CCN1C(=O)O. The van der Waals surface area contributed by atoms with E-state index in [1.165, 1.54) is 29.2 Å². The summed E-state index contributed by atoms with van der Waals surface area (Å²) in [6.45, 7) is 7.15. The van der Waals surface area contributed by atoms with E-state index in [1.807, 2.05) is 25.7 Å². The number of amides is 1. The van der Waals surface area contributed by atoms with E-state index in [9.17, 15) is 28.2 Å². The highest BCUT2D eigenvalue weighted by molar-refractivity contribution is 7.90. The maximum absolute atomic E-state index is 12.9. The van der Waals surface area contributed by atoms with E-state index < -0.39 is 27.4 Å². The zero-order valence-corrected chi connectivity index (χ0v) is 19.6. The van der Waals surface area contributed by atoms with E-state index in [-0.39, 0.29) is 40.0 Å². The predicted octanol–water partition coefficient (Wildman–Crippen LogP) is 2.65. The Labute approximate surface area is 191 Å². The van der Waals surface area contributed by atoms with Gasteiger partial charge in [0.25, 0.3) is 10.0 Å². The van der Waals surface area contributed by atoms with Gasteiger partial charge in [-0.25, -0.2) is 17.2 Å². The molecule has 0 radical (unpaired) electrons. The lowest BCUT2D eigenvalue weighted by atomic mass is 9.84. The van der Waals surface area contributed by atoms with Crippen molar-refractivity contribution in [3.8, 4) is 5.75 Å². The number of aromatic hydroxyl groups is 1. The van der Waals surface area contributed by atoms with Crippen LogP contribution in [0.1, 0.15) is 26.3 Å². The number of halogens is 1. The topological polar surface area (TPSA) is 120 Å². The average Bonchev–Trinajstić information content (AvgIpc) is 2.70. The standard InChI is InChI=1S/C21H26ClN3O6S/c1-21(2,3)17-13-23(10-11-24(17)20(28)29)12-14-8-9-25(19(27)18(14)26)32(30,31)16-7-5-4-6-15(16)22/h4-9,17,26H,10-13H2,1-3H3,(H,28,29). The summed E-state index contributed by atoms with van der Waals surface area (Å²) in [6, 6.07) is 6.83. The molecule has 0 saturated carbocycles. The summed E-state index contributed by atoms with van der Waals surface area (Å²) >= 11 is 5.99. The smallest absolute Gasteiger partial charge is 0.407 e. The first-order valence-corrected chi connectivity index (χ1v) is 11.8. The number of aromatic nitrogens is 1. The zero-order chi connectivity index (χ0) is 23.8. The highest BCUT2D eigenvalue weighted by Crippen LogP contribution is 2.29. The molecule has 1 aliphatic rings. The number of carbonyl (C=O) groups is 1. The molecule has 2 aromatic rings. The lowest BCUT2D eigenvalue weighted by Gasteiger charge is -2.46. The minimum absolute atomic E-state index is 0.0347. The third-order valence-electron chi connectivity index (χ3n) is 5.60. The minimum Gasteiger partial charge on any atom is -0.503 e. The monoisotopic (exact) mass is 483 g/mol. The van der Waals surface area contributed by atoms with Gasteiger partial charge in [-0.3, -0.25) is 9.69 Å². The number of nitrogens with zero attached hydrogens (tertiary/aromatic N) is 3. The van der Waals surface area contributed by atoms with Crippen LogP contribution in [0.3, 0.4) is 0 Å². The van der Waals surface area contributed by atoms with Gasteiger partial charge >= 0.3 is 11.7 Å². The van der Waals surface area contributed by atoms with Crippen molar-refractivity contribution in [3.63, 3.8) is 0 Å². The van der Waals surface area contributed by atoms with Gasteiger partial charge < -0.3 is 15.1 Å². The summed E-state index contributed by atoms with van der Waals surface area (Å²) in [6.07, 6.45) is 0.116. The summed E-state index contributed by atoms with van der Waals surface area (Å²) in [7, 11) is -4.29. The fourth-order valence-corrected chi connectivity index (χ4v) is 5.55. The molecule has 9 nitrogen and oxygen atoms in total. The number of rotatable bonds is 4. The predicted molar refractivity (Wildman–Crippen MR) is 120 cm³/mol. The molecular weight excluding hydrogens is 458 g/mol. The van der Waals surface area contributed by atoms with Crippen LogP contribution in [0.5, 0.6) is 5.75 Å². The van der Waals surface area contributed by atoms with Crippen molar-refractivity contribution in [1.82, 2.24) is 13.8 Å². The van der Waals surface area contributed by atoms with Crippen LogP contribution < -0.4 is 5.56 Å². The fourth-order valence-electron chi connectivity index (χ4n) is 3.82. The molecule has 0 spiro atoms. The maximum Gasteiger partial charge on any atom is 0.407 e. The maximum atomic E-state index is 12.9. The normalized spacial score (nSPS) is 18.0. The van der Waals surface area contributed by atoms with E-state index in [2.05, 4.69) is 0 Å². The molecule has 1 aromatic heterocycles. The van der Waals surface area contributed by atoms with Gasteiger partial charge in [-0.2, -0.15) is 0 Å². The second-order valence-electron chi connectivity index (χ2n) is 8.82. The highest BCUT2D eigenvalue weighted by atomic mass is 35.5. The first-order valence-electron chi connectivity index (χ1n) is 9.99. The third kappa shape index (κ3) is 4.62. The van der Waals surface area contributed by atoms with Gasteiger partial charge in [0, 0.05) is 37.9 Å². The number of hydrogen-bond acceptors (Lipinski definition) is 6. The van der Waals surface area contributed by atoms with Gasteiger partial charge in [-0.15, -0.1) is 0 Å². The van der Waals surface area contributed by atoms with Crippen LogP contribution in [0, 0.1) is 5.41 Å². The summed E-state index contributed by atoms with van der Waals surface area (Å²) in [5, 5.41) is 20.0. The molecule has 0 aliphatic carbocycles. The fraction of sp³-hybridized carbons (Fsp3) is 0.429. The van der Waals surface area contributed by atoms with Crippen molar-refractivity contribution in [2.75, 3.05) is 19.6 Å². The molecule has 2 heterocycles. The van der Waals surface area contributed by atoms with E-state index in [1.54, 1.807) is 6.07 Å². The lowest BCUT2D eigenvalue weighted by Crippen LogP contribution is -2.59. The number of hydrogen-bond donors (Lipinski definition) is 2. The summed E-state index contributed by atoms with van der Waals surface area (Å²) < 4.78 is 26.2. The first-order chi connectivity index (χ1) is 14.8. The molecule has 1 unspecified atom stereocenters. The Bertz CT molecular complexity index is 1190. The Hall–Kier alpha value is -2.56. The first kappa shape index (κ1) is 24.1. The van der Waals surface area contributed by atoms with E-state index in [0.29, 0.717) is 17.1 Å². The number of pyridine rings is 1. The molecule has 32 heavy (non-hydrogen) atoms. The van der Waals surface area contributed by atoms with Crippen LogP contribution in [0.4, 0.5) is 4.79 Å². The largest absolute Gasteiger partial charge is 0.503 e. The Morgan fingerprint density at radius 3 is 2.44 bits per heavy atom. The average molecular weight is 484 g/mol. The van der Waals surface area contributed by atoms with E-state index >= 15 is 0 Å². The van der Waals surface area contributed by atoms with Crippen molar-refractivity contribution in [2.45, 2.75) is 38.3 Å². The lowest BCUT2D eigenvalue weighted by molar-refractivity contribution is 0.0187. The van der Waals surface area contributed by atoms with Crippen molar-refractivity contribution in [3.05, 3.63) is 57.5 Å². The van der Waals surface area contributed by atoms with Crippen molar-refractivity contribution in [2.24, 2.45) is 5.41 Å². The molecule has 1 fully saturated rings.